The maximum absolute atomic E-state index is 11.7. The number of likely N-dealkylation sites (N-methyl/N-ethyl adjacent to an activating group) is 1. The molecule has 1 fully saturated rings. The SMILES string of the molecule is CN1C(=O)CC[C@H](NC(=O)OC(C)(C)C)C1=O. The van der Waals surface area contributed by atoms with E-state index in [0.717, 1.165) is 4.90 Å². The van der Waals surface area contributed by atoms with E-state index in [2.05, 4.69) is 5.32 Å². The van der Waals surface area contributed by atoms with E-state index in [0.29, 0.717) is 6.42 Å². The largest absolute Gasteiger partial charge is 0.444 e. The molecule has 6 heteroatoms. The summed E-state index contributed by atoms with van der Waals surface area (Å²) in [6.07, 6.45) is -0.0668. The van der Waals surface area contributed by atoms with Crippen LogP contribution in [0.25, 0.3) is 0 Å². The number of hydrogen-bond donors (Lipinski definition) is 1. The van der Waals surface area contributed by atoms with Crippen molar-refractivity contribution in [3.63, 3.8) is 0 Å². The maximum atomic E-state index is 11.7. The summed E-state index contributed by atoms with van der Waals surface area (Å²) in [7, 11) is 1.41. The van der Waals surface area contributed by atoms with E-state index < -0.39 is 23.6 Å². The van der Waals surface area contributed by atoms with Crippen LogP contribution in [0.5, 0.6) is 0 Å². The third kappa shape index (κ3) is 3.72. The highest BCUT2D eigenvalue weighted by molar-refractivity contribution is 6.01. The Bertz CT molecular complexity index is 346. The lowest BCUT2D eigenvalue weighted by Gasteiger charge is -2.29. The van der Waals surface area contributed by atoms with Crippen molar-refractivity contribution in [2.75, 3.05) is 7.05 Å². The summed E-state index contributed by atoms with van der Waals surface area (Å²) in [6.45, 7) is 5.22. The second-order valence-corrected chi connectivity index (χ2v) is 5.03. The number of carbonyl (C=O) groups excluding carboxylic acids is 3. The number of hydrogen-bond acceptors (Lipinski definition) is 4. The lowest BCUT2D eigenvalue weighted by Crippen LogP contribution is -2.53. The van der Waals surface area contributed by atoms with Crippen molar-refractivity contribution in [1.29, 1.82) is 0 Å². The summed E-state index contributed by atoms with van der Waals surface area (Å²) in [5.74, 6) is -0.621. The number of alkyl carbamates (subject to hydrolysis) is 1. The van der Waals surface area contributed by atoms with Gasteiger partial charge in [-0.25, -0.2) is 4.79 Å². The zero-order valence-corrected chi connectivity index (χ0v) is 10.6. The van der Waals surface area contributed by atoms with E-state index >= 15 is 0 Å². The van der Waals surface area contributed by atoms with Crippen LogP contribution in [0.1, 0.15) is 33.6 Å². The Kier molecular flexibility index (Phi) is 3.75. The molecule has 0 bridgehead atoms. The van der Waals surface area contributed by atoms with Crippen LogP contribution in [-0.4, -0.2) is 41.5 Å². The molecule has 0 saturated carbocycles. The number of nitrogens with zero attached hydrogens (tertiary/aromatic N) is 1. The van der Waals surface area contributed by atoms with Crippen molar-refractivity contribution in [2.24, 2.45) is 0 Å². The molecule has 0 spiro atoms. The Morgan fingerprint density at radius 3 is 2.53 bits per heavy atom. The molecular formula is C11H18N2O4. The highest BCUT2D eigenvalue weighted by Gasteiger charge is 2.33. The third-order valence-corrected chi connectivity index (χ3v) is 2.34. The number of ether oxygens (including phenoxy) is 1. The molecule has 1 aliphatic rings. The highest BCUT2D eigenvalue weighted by atomic mass is 16.6. The molecule has 1 saturated heterocycles. The van der Waals surface area contributed by atoms with Crippen molar-refractivity contribution >= 4 is 17.9 Å². The second kappa shape index (κ2) is 4.73. The molecule has 1 N–H and O–H groups in total. The smallest absolute Gasteiger partial charge is 0.408 e. The van der Waals surface area contributed by atoms with Crippen LogP contribution in [0.2, 0.25) is 0 Å². The molecule has 3 amide bonds. The van der Waals surface area contributed by atoms with Gasteiger partial charge in [-0.05, 0) is 27.2 Å². The van der Waals surface area contributed by atoms with Gasteiger partial charge in [0.25, 0.3) is 5.91 Å². The monoisotopic (exact) mass is 242 g/mol. The minimum Gasteiger partial charge on any atom is -0.444 e. The van der Waals surface area contributed by atoms with Crippen LogP contribution in [0.3, 0.4) is 0 Å². The van der Waals surface area contributed by atoms with Crippen LogP contribution in [-0.2, 0) is 14.3 Å². The number of likely N-dealkylation sites (tertiary alicyclic amines) is 1. The first kappa shape index (κ1) is 13.5. The van der Waals surface area contributed by atoms with E-state index in [1.807, 2.05) is 0 Å². The fourth-order valence-electron chi connectivity index (χ4n) is 1.50. The average molecular weight is 242 g/mol. The van der Waals surface area contributed by atoms with E-state index in [4.69, 9.17) is 4.74 Å². The first-order valence-corrected chi connectivity index (χ1v) is 5.50. The standard InChI is InChI=1S/C11H18N2O4/c1-11(2,3)17-10(16)12-7-5-6-8(14)13(4)9(7)15/h7H,5-6H2,1-4H3,(H,12,16)/t7-/m0/s1. The number of rotatable bonds is 1. The van der Waals surface area contributed by atoms with Gasteiger partial charge in [-0.2, -0.15) is 0 Å². The van der Waals surface area contributed by atoms with Gasteiger partial charge in [-0.3, -0.25) is 14.5 Å². The Balaban J connectivity index is 2.55. The summed E-state index contributed by atoms with van der Waals surface area (Å²) in [5, 5.41) is 2.47. The number of amides is 3. The maximum Gasteiger partial charge on any atom is 0.408 e. The molecule has 0 aromatic carbocycles. The van der Waals surface area contributed by atoms with E-state index in [9.17, 15) is 14.4 Å². The first-order valence-electron chi connectivity index (χ1n) is 5.50. The normalized spacial score (nSPS) is 21.4. The van der Waals surface area contributed by atoms with Crippen molar-refractivity contribution in [3.05, 3.63) is 0 Å². The van der Waals surface area contributed by atoms with E-state index in [-0.39, 0.29) is 12.3 Å². The van der Waals surface area contributed by atoms with Crippen molar-refractivity contribution < 1.29 is 19.1 Å². The lowest BCUT2D eigenvalue weighted by atomic mass is 10.1. The molecule has 1 aliphatic heterocycles. The summed E-state index contributed by atoms with van der Waals surface area (Å²) in [5.41, 5.74) is -0.608. The minimum absolute atomic E-state index is 0.225. The number of carbonyl (C=O) groups is 3. The molecule has 0 aromatic rings. The van der Waals surface area contributed by atoms with Crippen molar-refractivity contribution in [2.45, 2.75) is 45.3 Å². The van der Waals surface area contributed by atoms with Gasteiger partial charge in [-0.1, -0.05) is 0 Å². The predicted octanol–water partition coefficient (Wildman–Crippen LogP) is 0.658. The van der Waals surface area contributed by atoms with Gasteiger partial charge in [0.15, 0.2) is 0 Å². The Morgan fingerprint density at radius 1 is 1.41 bits per heavy atom. The zero-order valence-electron chi connectivity index (χ0n) is 10.6. The average Bonchev–Trinajstić information content (AvgIpc) is 2.16. The number of imide groups is 1. The highest BCUT2D eigenvalue weighted by Crippen LogP contribution is 2.13. The summed E-state index contributed by atoms with van der Waals surface area (Å²) in [4.78, 5) is 35.4. The lowest BCUT2D eigenvalue weighted by molar-refractivity contribution is -0.148. The molecular weight excluding hydrogens is 224 g/mol. The van der Waals surface area contributed by atoms with Crippen LogP contribution < -0.4 is 5.32 Å². The van der Waals surface area contributed by atoms with Crippen LogP contribution >= 0.6 is 0 Å². The van der Waals surface area contributed by atoms with Gasteiger partial charge < -0.3 is 10.1 Å². The fourth-order valence-corrected chi connectivity index (χ4v) is 1.50. The van der Waals surface area contributed by atoms with Gasteiger partial charge in [0.1, 0.15) is 11.6 Å². The fraction of sp³-hybridized carbons (Fsp3) is 0.727. The second-order valence-electron chi connectivity index (χ2n) is 5.03. The summed E-state index contributed by atoms with van der Waals surface area (Å²) < 4.78 is 5.05. The summed E-state index contributed by atoms with van der Waals surface area (Å²) in [6, 6.07) is -0.674. The Labute approximate surface area is 100 Å². The molecule has 1 rings (SSSR count). The topological polar surface area (TPSA) is 75.7 Å². The summed E-state index contributed by atoms with van der Waals surface area (Å²) >= 11 is 0. The van der Waals surface area contributed by atoms with Gasteiger partial charge in [0, 0.05) is 13.5 Å². The van der Waals surface area contributed by atoms with Gasteiger partial charge in [-0.15, -0.1) is 0 Å². The molecule has 0 aliphatic carbocycles. The number of nitrogens with one attached hydrogen (secondary N) is 1. The molecule has 0 unspecified atom stereocenters. The number of piperidine rings is 1. The van der Waals surface area contributed by atoms with Crippen LogP contribution in [0.4, 0.5) is 4.79 Å². The zero-order chi connectivity index (χ0) is 13.2. The minimum atomic E-state index is -0.674. The van der Waals surface area contributed by atoms with E-state index in [1.54, 1.807) is 20.8 Å². The molecule has 6 nitrogen and oxygen atoms in total. The third-order valence-electron chi connectivity index (χ3n) is 2.34. The molecule has 96 valence electrons. The quantitative estimate of drug-likeness (QED) is 0.685. The predicted molar refractivity (Wildman–Crippen MR) is 60.2 cm³/mol. The molecule has 1 atom stereocenters. The van der Waals surface area contributed by atoms with Crippen molar-refractivity contribution in [1.82, 2.24) is 10.2 Å². The Morgan fingerprint density at radius 2 is 2.00 bits per heavy atom. The van der Waals surface area contributed by atoms with Gasteiger partial charge in [0.05, 0.1) is 0 Å². The van der Waals surface area contributed by atoms with E-state index in [1.165, 1.54) is 7.05 Å². The Hall–Kier alpha value is -1.59. The van der Waals surface area contributed by atoms with Crippen LogP contribution in [0.15, 0.2) is 0 Å². The van der Waals surface area contributed by atoms with Crippen LogP contribution in [0, 0.1) is 0 Å². The van der Waals surface area contributed by atoms with Gasteiger partial charge >= 0.3 is 6.09 Å². The first-order chi connectivity index (χ1) is 7.70. The molecule has 0 aromatic heterocycles. The molecule has 1 heterocycles. The van der Waals surface area contributed by atoms with Gasteiger partial charge in [0.2, 0.25) is 5.91 Å². The molecule has 0 radical (unpaired) electrons. The molecule has 17 heavy (non-hydrogen) atoms. The van der Waals surface area contributed by atoms with Crippen molar-refractivity contribution in [3.8, 4) is 0 Å².